The Labute approximate surface area is 192 Å². The first-order valence-corrected chi connectivity index (χ1v) is 11.9. The van der Waals surface area contributed by atoms with Crippen LogP contribution in [0.5, 0.6) is 0 Å². The number of rotatable bonds is 8. The predicted molar refractivity (Wildman–Crippen MR) is 129 cm³/mol. The lowest BCUT2D eigenvalue weighted by Crippen LogP contribution is -2.52. The Bertz CT molecular complexity index is 901. The molecule has 1 aromatic carbocycles. The van der Waals surface area contributed by atoms with Crippen LogP contribution in [0.3, 0.4) is 0 Å². The van der Waals surface area contributed by atoms with E-state index in [1.165, 1.54) is 5.56 Å². The third-order valence-corrected chi connectivity index (χ3v) is 6.27. The van der Waals surface area contributed by atoms with E-state index in [0.717, 1.165) is 30.6 Å². The van der Waals surface area contributed by atoms with Gasteiger partial charge in [-0.1, -0.05) is 51.5 Å². The van der Waals surface area contributed by atoms with E-state index in [1.54, 1.807) is 4.90 Å². The van der Waals surface area contributed by atoms with E-state index in [4.69, 9.17) is 0 Å². The Morgan fingerprint density at radius 1 is 1.09 bits per heavy atom. The summed E-state index contributed by atoms with van der Waals surface area (Å²) >= 11 is 0. The molecule has 0 bridgehead atoms. The summed E-state index contributed by atoms with van der Waals surface area (Å²) in [4.78, 5) is 29.8. The number of aromatic nitrogens is 1. The lowest BCUT2D eigenvalue weighted by atomic mass is 9.95. The molecule has 1 unspecified atom stereocenters. The number of carbonyl (C=O) groups excluding carboxylic acids is 2. The number of hydrogen-bond acceptors (Lipinski definition) is 2. The summed E-state index contributed by atoms with van der Waals surface area (Å²) in [6.45, 7) is 12.5. The van der Waals surface area contributed by atoms with Gasteiger partial charge in [0, 0.05) is 37.6 Å². The van der Waals surface area contributed by atoms with Crippen molar-refractivity contribution in [1.29, 1.82) is 0 Å². The number of nitrogens with zero attached hydrogens (tertiary/aromatic N) is 3. The first-order valence-electron chi connectivity index (χ1n) is 11.9. The summed E-state index contributed by atoms with van der Waals surface area (Å²) in [5, 5.41) is 2.96. The molecule has 6 heteroatoms. The zero-order chi connectivity index (χ0) is 23.3. The second-order valence-electron chi connectivity index (χ2n) is 9.24. The molecule has 0 radical (unpaired) electrons. The lowest BCUT2D eigenvalue weighted by Gasteiger charge is -2.39. The van der Waals surface area contributed by atoms with Crippen LogP contribution in [0, 0.1) is 0 Å². The highest BCUT2D eigenvalue weighted by Gasteiger charge is 2.33. The van der Waals surface area contributed by atoms with Crippen molar-refractivity contribution in [3.8, 4) is 0 Å². The number of fused-ring (bicyclic) bond motifs is 1. The molecule has 174 valence electrons. The molecule has 0 spiro atoms. The SMILES string of the molecule is CCCCNC(=O)N(CC(=O)N1CCn2cccc2C1c1ccc(C(C)C)cc1)C(C)C. The van der Waals surface area contributed by atoms with E-state index in [1.807, 2.05) is 24.8 Å². The summed E-state index contributed by atoms with van der Waals surface area (Å²) in [7, 11) is 0. The van der Waals surface area contributed by atoms with Crippen LogP contribution in [0.4, 0.5) is 4.79 Å². The van der Waals surface area contributed by atoms with Gasteiger partial charge < -0.3 is 19.7 Å². The van der Waals surface area contributed by atoms with Gasteiger partial charge in [-0.15, -0.1) is 0 Å². The molecule has 6 nitrogen and oxygen atoms in total. The van der Waals surface area contributed by atoms with Crippen molar-refractivity contribution in [2.75, 3.05) is 19.6 Å². The normalized spacial score (nSPS) is 15.7. The summed E-state index contributed by atoms with van der Waals surface area (Å²) < 4.78 is 2.22. The molecule has 3 amide bonds. The number of nitrogens with one attached hydrogen (secondary N) is 1. The fourth-order valence-corrected chi connectivity index (χ4v) is 4.27. The summed E-state index contributed by atoms with van der Waals surface area (Å²) in [6.07, 6.45) is 4.03. The van der Waals surface area contributed by atoms with Crippen molar-refractivity contribution in [3.63, 3.8) is 0 Å². The zero-order valence-electron chi connectivity index (χ0n) is 20.2. The van der Waals surface area contributed by atoms with Crippen LogP contribution in [0.15, 0.2) is 42.6 Å². The predicted octanol–water partition coefficient (Wildman–Crippen LogP) is 4.76. The van der Waals surface area contributed by atoms with Crippen molar-refractivity contribution in [2.24, 2.45) is 0 Å². The largest absolute Gasteiger partial charge is 0.348 e. The van der Waals surface area contributed by atoms with Gasteiger partial charge in [-0.2, -0.15) is 0 Å². The second kappa shape index (κ2) is 10.7. The maximum Gasteiger partial charge on any atom is 0.318 e. The minimum atomic E-state index is -0.167. The molecular weight excluding hydrogens is 400 g/mol. The topological polar surface area (TPSA) is 57.6 Å². The minimum absolute atomic E-state index is 0.0188. The lowest BCUT2D eigenvalue weighted by molar-refractivity contribution is -0.134. The van der Waals surface area contributed by atoms with Crippen molar-refractivity contribution < 1.29 is 9.59 Å². The van der Waals surface area contributed by atoms with E-state index in [2.05, 4.69) is 67.2 Å². The number of amides is 3. The Morgan fingerprint density at radius 2 is 1.81 bits per heavy atom. The van der Waals surface area contributed by atoms with Crippen molar-refractivity contribution in [3.05, 3.63) is 59.4 Å². The van der Waals surface area contributed by atoms with Gasteiger partial charge in [0.15, 0.2) is 0 Å². The van der Waals surface area contributed by atoms with Gasteiger partial charge in [-0.05, 0) is 49.4 Å². The highest BCUT2D eigenvalue weighted by molar-refractivity contribution is 5.85. The maximum absolute atomic E-state index is 13.5. The van der Waals surface area contributed by atoms with Gasteiger partial charge in [0.2, 0.25) is 5.91 Å². The monoisotopic (exact) mass is 438 g/mol. The van der Waals surface area contributed by atoms with Crippen LogP contribution < -0.4 is 5.32 Å². The quantitative estimate of drug-likeness (QED) is 0.604. The van der Waals surface area contributed by atoms with E-state index in [-0.39, 0.29) is 30.6 Å². The highest BCUT2D eigenvalue weighted by atomic mass is 16.2. The third-order valence-electron chi connectivity index (χ3n) is 6.27. The summed E-state index contributed by atoms with van der Waals surface area (Å²) in [6, 6.07) is 12.4. The summed E-state index contributed by atoms with van der Waals surface area (Å²) in [5.74, 6) is 0.442. The third kappa shape index (κ3) is 5.34. The van der Waals surface area contributed by atoms with Gasteiger partial charge in [-0.3, -0.25) is 4.79 Å². The Morgan fingerprint density at radius 3 is 2.44 bits per heavy atom. The Kier molecular flexibility index (Phi) is 7.99. The number of urea groups is 1. The molecule has 1 atom stereocenters. The number of carbonyl (C=O) groups is 2. The van der Waals surface area contributed by atoms with Crippen molar-refractivity contribution >= 4 is 11.9 Å². The molecule has 2 aromatic rings. The molecule has 2 heterocycles. The number of unbranched alkanes of at least 4 members (excludes halogenated alkanes) is 1. The van der Waals surface area contributed by atoms with Gasteiger partial charge in [0.25, 0.3) is 0 Å². The van der Waals surface area contributed by atoms with E-state index < -0.39 is 0 Å². The van der Waals surface area contributed by atoms with Crippen LogP contribution in [0.25, 0.3) is 0 Å². The fourth-order valence-electron chi connectivity index (χ4n) is 4.27. The van der Waals surface area contributed by atoms with Crippen LogP contribution in [0.1, 0.15) is 76.2 Å². The molecule has 1 aliphatic rings. The Hall–Kier alpha value is -2.76. The molecule has 3 rings (SSSR count). The Balaban J connectivity index is 1.83. The van der Waals surface area contributed by atoms with Gasteiger partial charge in [0.05, 0.1) is 6.04 Å². The zero-order valence-corrected chi connectivity index (χ0v) is 20.2. The molecule has 0 aliphatic carbocycles. The van der Waals surface area contributed by atoms with Crippen LogP contribution in [-0.4, -0.2) is 52.0 Å². The van der Waals surface area contributed by atoms with Crippen LogP contribution >= 0.6 is 0 Å². The van der Waals surface area contributed by atoms with E-state index in [9.17, 15) is 9.59 Å². The van der Waals surface area contributed by atoms with Gasteiger partial charge in [0.1, 0.15) is 6.54 Å². The molecule has 1 aromatic heterocycles. The molecule has 32 heavy (non-hydrogen) atoms. The molecule has 0 saturated heterocycles. The first-order chi connectivity index (χ1) is 15.3. The average molecular weight is 439 g/mol. The number of benzene rings is 1. The molecular formula is C26H38N4O2. The van der Waals surface area contributed by atoms with Crippen molar-refractivity contribution in [1.82, 2.24) is 19.7 Å². The first kappa shape index (κ1) is 23.9. The minimum Gasteiger partial charge on any atom is -0.348 e. The van der Waals surface area contributed by atoms with E-state index >= 15 is 0 Å². The standard InChI is InChI=1S/C26H38N4O2/c1-6-7-14-27-26(32)30(20(4)5)18-24(31)29-17-16-28-15-8-9-23(28)25(29)22-12-10-21(11-13-22)19(2)3/h8-13,15,19-20,25H,6-7,14,16-18H2,1-5H3,(H,27,32). The van der Waals surface area contributed by atoms with Crippen molar-refractivity contribution in [2.45, 2.75) is 72.0 Å². The fraction of sp³-hybridized carbons (Fsp3) is 0.538. The molecule has 0 saturated carbocycles. The van der Waals surface area contributed by atoms with Crippen LogP contribution in [0.2, 0.25) is 0 Å². The van der Waals surface area contributed by atoms with Gasteiger partial charge in [-0.25, -0.2) is 4.79 Å². The molecule has 1 N–H and O–H groups in total. The summed E-state index contributed by atoms with van der Waals surface area (Å²) in [5.41, 5.74) is 3.50. The highest BCUT2D eigenvalue weighted by Crippen LogP contribution is 2.33. The molecule has 1 aliphatic heterocycles. The average Bonchev–Trinajstić information content (AvgIpc) is 3.25. The van der Waals surface area contributed by atoms with Crippen LogP contribution in [-0.2, 0) is 11.3 Å². The number of hydrogen-bond donors (Lipinski definition) is 1. The smallest absolute Gasteiger partial charge is 0.318 e. The second-order valence-corrected chi connectivity index (χ2v) is 9.24. The van der Waals surface area contributed by atoms with E-state index in [0.29, 0.717) is 19.0 Å². The molecule has 0 fully saturated rings. The maximum atomic E-state index is 13.5. The van der Waals surface area contributed by atoms with Gasteiger partial charge >= 0.3 is 6.03 Å².